The maximum atomic E-state index is 6.30. The van der Waals surface area contributed by atoms with E-state index >= 15 is 0 Å². The van der Waals surface area contributed by atoms with Gasteiger partial charge in [-0.05, 0) is 44.1 Å². The summed E-state index contributed by atoms with van der Waals surface area (Å²) in [6, 6.07) is 0.821. The molecule has 2 heterocycles. The third-order valence-electron chi connectivity index (χ3n) is 6.28. The second-order valence-electron chi connectivity index (χ2n) is 7.37. The van der Waals surface area contributed by atoms with Crippen molar-refractivity contribution in [2.75, 3.05) is 32.7 Å². The summed E-state index contributed by atoms with van der Waals surface area (Å²) in [5.74, 6) is 1.61. The molecule has 0 radical (unpaired) electrons. The Labute approximate surface area is 118 Å². The van der Waals surface area contributed by atoms with Gasteiger partial charge in [0.1, 0.15) is 0 Å². The molecule has 0 aromatic heterocycles. The third-order valence-corrected chi connectivity index (χ3v) is 6.28. The van der Waals surface area contributed by atoms with Crippen LogP contribution in [-0.4, -0.2) is 54.1 Å². The second-order valence-corrected chi connectivity index (χ2v) is 7.37. The molecule has 3 rings (SSSR count). The molecule has 3 nitrogen and oxygen atoms in total. The molecule has 0 amide bonds. The van der Waals surface area contributed by atoms with Gasteiger partial charge < -0.3 is 5.73 Å². The van der Waals surface area contributed by atoms with E-state index in [1.54, 1.807) is 0 Å². The number of fused-ring (bicyclic) bond motifs is 1. The molecule has 4 atom stereocenters. The monoisotopic (exact) mass is 265 g/mol. The van der Waals surface area contributed by atoms with Crippen molar-refractivity contribution in [1.82, 2.24) is 9.80 Å². The van der Waals surface area contributed by atoms with E-state index < -0.39 is 0 Å². The van der Waals surface area contributed by atoms with Crippen molar-refractivity contribution < 1.29 is 0 Å². The van der Waals surface area contributed by atoms with E-state index in [2.05, 4.69) is 23.6 Å². The predicted molar refractivity (Wildman–Crippen MR) is 80.1 cm³/mol. The molecule has 2 N–H and O–H groups in total. The molecule has 19 heavy (non-hydrogen) atoms. The zero-order valence-corrected chi connectivity index (χ0v) is 12.8. The Morgan fingerprint density at radius 3 is 2.74 bits per heavy atom. The lowest BCUT2D eigenvalue weighted by atomic mass is 9.68. The van der Waals surface area contributed by atoms with E-state index in [4.69, 9.17) is 5.73 Å². The number of nitrogens with two attached hydrogens (primary N) is 1. The molecule has 0 spiro atoms. The van der Waals surface area contributed by atoms with Crippen molar-refractivity contribution in [1.29, 1.82) is 0 Å². The lowest BCUT2D eigenvalue weighted by Crippen LogP contribution is -2.65. The van der Waals surface area contributed by atoms with Crippen LogP contribution in [0.3, 0.4) is 0 Å². The summed E-state index contributed by atoms with van der Waals surface area (Å²) in [5.41, 5.74) is 6.60. The number of hydrogen-bond acceptors (Lipinski definition) is 3. The number of nitrogens with zero attached hydrogens (tertiary/aromatic N) is 2. The zero-order chi connectivity index (χ0) is 13.5. The van der Waals surface area contributed by atoms with E-state index in [-0.39, 0.29) is 0 Å². The van der Waals surface area contributed by atoms with Crippen LogP contribution in [-0.2, 0) is 0 Å². The Balaban J connectivity index is 1.77. The van der Waals surface area contributed by atoms with Gasteiger partial charge in [0.25, 0.3) is 0 Å². The topological polar surface area (TPSA) is 32.5 Å². The summed E-state index contributed by atoms with van der Waals surface area (Å²) < 4.78 is 0. The fraction of sp³-hybridized carbons (Fsp3) is 1.00. The minimum absolute atomic E-state index is 0.298. The molecule has 2 aliphatic heterocycles. The maximum absolute atomic E-state index is 6.30. The molecule has 4 unspecified atom stereocenters. The maximum Gasteiger partial charge on any atom is 0.0360 e. The van der Waals surface area contributed by atoms with Crippen LogP contribution in [0.5, 0.6) is 0 Å². The first kappa shape index (κ1) is 13.8. The first-order chi connectivity index (χ1) is 9.15. The van der Waals surface area contributed by atoms with Crippen molar-refractivity contribution in [3.63, 3.8) is 0 Å². The van der Waals surface area contributed by atoms with Gasteiger partial charge in [-0.3, -0.25) is 9.80 Å². The van der Waals surface area contributed by atoms with Crippen molar-refractivity contribution in [3.05, 3.63) is 0 Å². The number of hydrogen-bond donors (Lipinski definition) is 1. The molecular weight excluding hydrogens is 234 g/mol. The Hall–Kier alpha value is -0.120. The Bertz CT molecular complexity index is 319. The van der Waals surface area contributed by atoms with E-state index in [0.29, 0.717) is 5.54 Å². The Morgan fingerprint density at radius 2 is 1.95 bits per heavy atom. The number of piperazine rings is 1. The van der Waals surface area contributed by atoms with Crippen molar-refractivity contribution >= 4 is 0 Å². The minimum atomic E-state index is 0.298. The first-order valence-corrected chi connectivity index (χ1v) is 8.35. The Kier molecular flexibility index (Phi) is 3.89. The van der Waals surface area contributed by atoms with Crippen LogP contribution < -0.4 is 5.73 Å². The van der Waals surface area contributed by atoms with Crippen molar-refractivity contribution in [2.45, 2.75) is 57.5 Å². The normalized spacial score (nSPS) is 45.3. The molecule has 2 saturated heterocycles. The smallest absolute Gasteiger partial charge is 0.0360 e. The molecule has 0 aromatic carbocycles. The fourth-order valence-electron chi connectivity index (χ4n) is 4.96. The summed E-state index contributed by atoms with van der Waals surface area (Å²) in [4.78, 5) is 5.50. The summed E-state index contributed by atoms with van der Waals surface area (Å²) in [6.45, 7) is 10.8. The minimum Gasteiger partial charge on any atom is -0.329 e. The Morgan fingerprint density at radius 1 is 1.11 bits per heavy atom. The van der Waals surface area contributed by atoms with Crippen molar-refractivity contribution in [3.8, 4) is 0 Å². The largest absolute Gasteiger partial charge is 0.329 e. The van der Waals surface area contributed by atoms with Gasteiger partial charge in [0.2, 0.25) is 0 Å². The predicted octanol–water partition coefficient (Wildman–Crippen LogP) is 1.92. The number of rotatable bonds is 2. The van der Waals surface area contributed by atoms with Crippen LogP contribution in [0, 0.1) is 11.8 Å². The highest BCUT2D eigenvalue weighted by Gasteiger charge is 2.46. The molecule has 3 aliphatic rings. The average Bonchev–Trinajstić information content (AvgIpc) is 2.89. The van der Waals surface area contributed by atoms with Gasteiger partial charge in [-0.2, -0.15) is 0 Å². The second kappa shape index (κ2) is 5.34. The van der Waals surface area contributed by atoms with E-state index in [1.165, 1.54) is 58.3 Å². The van der Waals surface area contributed by atoms with Gasteiger partial charge in [0.15, 0.2) is 0 Å². The standard InChI is InChI=1S/C16H31N3/c1-13-5-6-14(2)16(10-13,12-17)19-9-8-18-7-3-4-15(18)11-19/h13-15H,3-12,17H2,1-2H3. The fourth-order valence-corrected chi connectivity index (χ4v) is 4.96. The molecule has 0 aromatic rings. The average molecular weight is 265 g/mol. The quantitative estimate of drug-likeness (QED) is 0.828. The highest BCUT2D eigenvalue weighted by atomic mass is 15.3. The molecule has 0 bridgehead atoms. The van der Waals surface area contributed by atoms with Gasteiger partial charge in [-0.15, -0.1) is 0 Å². The van der Waals surface area contributed by atoms with E-state index in [0.717, 1.165) is 24.4 Å². The lowest BCUT2D eigenvalue weighted by Gasteiger charge is -2.55. The molecule has 1 aliphatic carbocycles. The molecular formula is C16H31N3. The van der Waals surface area contributed by atoms with Gasteiger partial charge in [-0.1, -0.05) is 20.3 Å². The van der Waals surface area contributed by atoms with E-state index in [1.807, 2.05) is 0 Å². The van der Waals surface area contributed by atoms with Gasteiger partial charge >= 0.3 is 0 Å². The summed E-state index contributed by atoms with van der Waals surface area (Å²) in [7, 11) is 0. The van der Waals surface area contributed by atoms with Crippen LogP contribution >= 0.6 is 0 Å². The van der Waals surface area contributed by atoms with Crippen LogP contribution in [0.25, 0.3) is 0 Å². The highest BCUT2D eigenvalue weighted by Crippen LogP contribution is 2.42. The first-order valence-electron chi connectivity index (χ1n) is 8.35. The van der Waals surface area contributed by atoms with Gasteiger partial charge in [-0.25, -0.2) is 0 Å². The third kappa shape index (κ3) is 2.34. The molecule has 3 heteroatoms. The van der Waals surface area contributed by atoms with Crippen molar-refractivity contribution in [2.24, 2.45) is 17.6 Å². The SMILES string of the molecule is CC1CCC(C)C(CN)(N2CCN3CCCC3C2)C1. The molecule has 110 valence electrons. The van der Waals surface area contributed by atoms with Crippen LogP contribution in [0.1, 0.15) is 46.0 Å². The summed E-state index contributed by atoms with van der Waals surface area (Å²) in [6.07, 6.45) is 6.88. The summed E-state index contributed by atoms with van der Waals surface area (Å²) in [5, 5.41) is 0. The molecule has 1 saturated carbocycles. The lowest BCUT2D eigenvalue weighted by molar-refractivity contribution is -0.0426. The summed E-state index contributed by atoms with van der Waals surface area (Å²) >= 11 is 0. The van der Waals surface area contributed by atoms with Crippen LogP contribution in [0.4, 0.5) is 0 Å². The van der Waals surface area contributed by atoms with Gasteiger partial charge in [0, 0.05) is 37.8 Å². The van der Waals surface area contributed by atoms with E-state index in [9.17, 15) is 0 Å². The van der Waals surface area contributed by atoms with Crippen LogP contribution in [0.2, 0.25) is 0 Å². The molecule has 3 fully saturated rings. The van der Waals surface area contributed by atoms with Gasteiger partial charge in [0.05, 0.1) is 0 Å². The highest BCUT2D eigenvalue weighted by molar-refractivity contribution is 5.03. The van der Waals surface area contributed by atoms with Crippen LogP contribution in [0.15, 0.2) is 0 Å². The zero-order valence-electron chi connectivity index (χ0n) is 12.8.